The van der Waals surface area contributed by atoms with E-state index in [0.717, 1.165) is 11.1 Å². The largest absolute Gasteiger partial charge is 0.484 e. The molecule has 0 saturated carbocycles. The average molecular weight is 388 g/mol. The van der Waals surface area contributed by atoms with E-state index in [1.54, 1.807) is 38.4 Å². The second-order valence-corrected chi connectivity index (χ2v) is 7.01. The highest BCUT2D eigenvalue weighted by Gasteiger charge is 2.10. The van der Waals surface area contributed by atoms with E-state index in [0.29, 0.717) is 17.0 Å². The van der Waals surface area contributed by atoms with Crippen molar-refractivity contribution in [3.8, 4) is 16.9 Å². The van der Waals surface area contributed by atoms with Gasteiger partial charge in [0, 0.05) is 25.3 Å². The Hall–Kier alpha value is -3.60. The number of carbonyl (C=O) groups excluding carboxylic acids is 2. The maximum absolute atomic E-state index is 12.2. The van der Waals surface area contributed by atoms with Crippen molar-refractivity contribution < 1.29 is 14.3 Å². The topological polar surface area (TPSA) is 58.6 Å². The summed E-state index contributed by atoms with van der Waals surface area (Å²) in [6.45, 7) is 1.94. The SMILES string of the molecule is Cc1ccc(-c2ccc(OCC(=O)Nc3cccc(C(=O)N(C)C)c3)cc2)cc1. The van der Waals surface area contributed by atoms with E-state index >= 15 is 0 Å². The number of benzene rings is 3. The summed E-state index contributed by atoms with van der Waals surface area (Å²) in [5.74, 6) is 0.209. The molecule has 0 bridgehead atoms. The zero-order valence-corrected chi connectivity index (χ0v) is 16.8. The van der Waals surface area contributed by atoms with Gasteiger partial charge in [-0.2, -0.15) is 0 Å². The fourth-order valence-corrected chi connectivity index (χ4v) is 2.82. The molecule has 0 aliphatic heterocycles. The third-order valence-corrected chi connectivity index (χ3v) is 4.41. The Kier molecular flexibility index (Phi) is 6.29. The molecule has 0 spiro atoms. The quantitative estimate of drug-likeness (QED) is 0.682. The molecule has 148 valence electrons. The molecule has 3 rings (SSSR count). The van der Waals surface area contributed by atoms with E-state index < -0.39 is 0 Å². The molecule has 5 nitrogen and oxygen atoms in total. The molecular formula is C24H24N2O3. The van der Waals surface area contributed by atoms with Crippen molar-refractivity contribution in [2.45, 2.75) is 6.92 Å². The zero-order chi connectivity index (χ0) is 20.8. The number of nitrogens with zero attached hydrogens (tertiary/aromatic N) is 1. The molecule has 0 unspecified atom stereocenters. The van der Waals surface area contributed by atoms with Crippen LogP contribution in [0, 0.1) is 6.92 Å². The van der Waals surface area contributed by atoms with Gasteiger partial charge in [0.25, 0.3) is 11.8 Å². The minimum Gasteiger partial charge on any atom is -0.484 e. The van der Waals surface area contributed by atoms with Gasteiger partial charge in [0.1, 0.15) is 5.75 Å². The molecule has 29 heavy (non-hydrogen) atoms. The highest BCUT2D eigenvalue weighted by molar-refractivity contribution is 5.97. The van der Waals surface area contributed by atoms with Crippen molar-refractivity contribution in [3.63, 3.8) is 0 Å². The monoisotopic (exact) mass is 388 g/mol. The van der Waals surface area contributed by atoms with Crippen LogP contribution in [0.15, 0.2) is 72.8 Å². The van der Waals surface area contributed by atoms with Gasteiger partial charge in [-0.25, -0.2) is 0 Å². The number of anilines is 1. The number of aryl methyl sites for hydroxylation is 1. The molecule has 0 heterocycles. The number of carbonyl (C=O) groups is 2. The van der Waals surface area contributed by atoms with Crippen molar-refractivity contribution in [1.82, 2.24) is 4.90 Å². The summed E-state index contributed by atoms with van der Waals surface area (Å²) in [6, 6.07) is 22.8. The Morgan fingerprint density at radius 2 is 1.52 bits per heavy atom. The zero-order valence-electron chi connectivity index (χ0n) is 16.8. The standard InChI is InChI=1S/C24H24N2O3/c1-17-7-9-18(10-8-17)19-11-13-22(14-12-19)29-16-23(27)25-21-6-4-5-20(15-21)24(28)26(2)3/h4-15H,16H2,1-3H3,(H,25,27). The Balaban J connectivity index is 1.56. The first kappa shape index (κ1) is 20.1. The Labute approximate surface area is 170 Å². The highest BCUT2D eigenvalue weighted by atomic mass is 16.5. The third kappa shape index (κ3) is 5.45. The second kappa shape index (κ2) is 9.06. The van der Waals surface area contributed by atoms with E-state index in [1.165, 1.54) is 10.5 Å². The lowest BCUT2D eigenvalue weighted by atomic mass is 10.0. The third-order valence-electron chi connectivity index (χ3n) is 4.41. The maximum Gasteiger partial charge on any atom is 0.262 e. The number of nitrogens with one attached hydrogen (secondary N) is 1. The van der Waals surface area contributed by atoms with Crippen LogP contribution in [0.25, 0.3) is 11.1 Å². The molecule has 0 aromatic heterocycles. The molecule has 0 radical (unpaired) electrons. The maximum atomic E-state index is 12.2. The summed E-state index contributed by atoms with van der Waals surface area (Å²) in [4.78, 5) is 25.7. The van der Waals surface area contributed by atoms with Crippen molar-refractivity contribution in [1.29, 1.82) is 0 Å². The predicted molar refractivity (Wildman–Crippen MR) is 115 cm³/mol. The van der Waals surface area contributed by atoms with Gasteiger partial charge in [-0.05, 0) is 48.4 Å². The molecule has 5 heteroatoms. The smallest absolute Gasteiger partial charge is 0.262 e. The summed E-state index contributed by atoms with van der Waals surface area (Å²) in [7, 11) is 3.37. The molecule has 0 aliphatic carbocycles. The van der Waals surface area contributed by atoms with Crippen LogP contribution in [-0.2, 0) is 4.79 Å². The van der Waals surface area contributed by atoms with Crippen molar-refractivity contribution >= 4 is 17.5 Å². The number of hydrogen-bond acceptors (Lipinski definition) is 3. The van der Waals surface area contributed by atoms with E-state index in [2.05, 4.69) is 36.5 Å². The Morgan fingerprint density at radius 1 is 0.897 bits per heavy atom. The molecular weight excluding hydrogens is 364 g/mol. The van der Waals surface area contributed by atoms with Crippen molar-refractivity contribution in [2.24, 2.45) is 0 Å². The number of ether oxygens (including phenoxy) is 1. The molecule has 3 aromatic carbocycles. The first-order valence-electron chi connectivity index (χ1n) is 9.34. The molecule has 0 aliphatic rings. The summed E-state index contributed by atoms with van der Waals surface area (Å²) >= 11 is 0. The van der Waals surface area contributed by atoms with Gasteiger partial charge < -0.3 is 15.0 Å². The Morgan fingerprint density at radius 3 is 2.14 bits per heavy atom. The molecule has 3 aromatic rings. The van der Waals surface area contributed by atoms with Crippen LogP contribution in [0.2, 0.25) is 0 Å². The normalized spacial score (nSPS) is 10.3. The van der Waals surface area contributed by atoms with Gasteiger partial charge in [-0.1, -0.05) is 48.0 Å². The van der Waals surface area contributed by atoms with Gasteiger partial charge >= 0.3 is 0 Å². The van der Waals surface area contributed by atoms with Crippen LogP contribution in [0.4, 0.5) is 5.69 Å². The van der Waals surface area contributed by atoms with E-state index in [-0.39, 0.29) is 18.4 Å². The number of hydrogen-bond donors (Lipinski definition) is 1. The van der Waals surface area contributed by atoms with Crippen LogP contribution >= 0.6 is 0 Å². The van der Waals surface area contributed by atoms with Crippen molar-refractivity contribution in [2.75, 3.05) is 26.0 Å². The lowest BCUT2D eigenvalue weighted by molar-refractivity contribution is -0.118. The minimum atomic E-state index is -0.290. The molecule has 0 atom stereocenters. The minimum absolute atomic E-state index is 0.115. The fraction of sp³-hybridized carbons (Fsp3) is 0.167. The van der Waals surface area contributed by atoms with Crippen molar-refractivity contribution in [3.05, 3.63) is 83.9 Å². The second-order valence-electron chi connectivity index (χ2n) is 7.01. The van der Waals surface area contributed by atoms with Crippen LogP contribution in [0.1, 0.15) is 15.9 Å². The fourth-order valence-electron chi connectivity index (χ4n) is 2.82. The van der Waals surface area contributed by atoms with Gasteiger partial charge in [0.05, 0.1) is 0 Å². The van der Waals surface area contributed by atoms with E-state index in [9.17, 15) is 9.59 Å². The van der Waals surface area contributed by atoms with Gasteiger partial charge in [0.2, 0.25) is 0 Å². The number of rotatable bonds is 6. The lowest BCUT2D eigenvalue weighted by Gasteiger charge is -2.12. The van der Waals surface area contributed by atoms with E-state index in [4.69, 9.17) is 4.74 Å². The van der Waals surface area contributed by atoms with Crippen LogP contribution in [0.3, 0.4) is 0 Å². The first-order valence-corrected chi connectivity index (χ1v) is 9.34. The molecule has 0 saturated heterocycles. The van der Waals surface area contributed by atoms with Crippen LogP contribution < -0.4 is 10.1 Å². The van der Waals surface area contributed by atoms with Gasteiger partial charge in [-0.3, -0.25) is 9.59 Å². The molecule has 2 amide bonds. The van der Waals surface area contributed by atoms with Gasteiger partial charge in [0.15, 0.2) is 6.61 Å². The average Bonchev–Trinajstić information content (AvgIpc) is 2.73. The summed E-state index contributed by atoms with van der Waals surface area (Å²) < 4.78 is 5.58. The van der Waals surface area contributed by atoms with Crippen LogP contribution in [0.5, 0.6) is 5.75 Å². The summed E-state index contributed by atoms with van der Waals surface area (Å²) in [5.41, 5.74) is 4.51. The molecule has 1 N–H and O–H groups in total. The van der Waals surface area contributed by atoms with E-state index in [1.807, 2.05) is 24.3 Å². The highest BCUT2D eigenvalue weighted by Crippen LogP contribution is 2.22. The van der Waals surface area contributed by atoms with Crippen LogP contribution in [-0.4, -0.2) is 37.4 Å². The lowest BCUT2D eigenvalue weighted by Crippen LogP contribution is -2.23. The Bertz CT molecular complexity index is 993. The van der Waals surface area contributed by atoms with Gasteiger partial charge in [-0.15, -0.1) is 0 Å². The number of amides is 2. The summed E-state index contributed by atoms with van der Waals surface area (Å²) in [6.07, 6.45) is 0. The summed E-state index contributed by atoms with van der Waals surface area (Å²) in [5, 5.41) is 2.75. The first-order chi connectivity index (χ1) is 13.9. The molecule has 0 fully saturated rings. The predicted octanol–water partition coefficient (Wildman–Crippen LogP) is 4.38.